The van der Waals surface area contributed by atoms with Gasteiger partial charge in [0.05, 0.1) is 5.39 Å². The third kappa shape index (κ3) is 3.38. The van der Waals surface area contributed by atoms with Gasteiger partial charge in [-0.15, -0.1) is 0 Å². The number of fused-ring (bicyclic) bond motifs is 1. The predicted molar refractivity (Wildman–Crippen MR) is 101 cm³/mol. The fraction of sp³-hybridized carbons (Fsp3) is 0.190. The molecule has 0 radical (unpaired) electrons. The van der Waals surface area contributed by atoms with E-state index in [4.69, 9.17) is 4.42 Å². The summed E-state index contributed by atoms with van der Waals surface area (Å²) in [6.45, 7) is 1.24. The molecule has 4 rings (SSSR count). The molecule has 0 spiro atoms. The van der Waals surface area contributed by atoms with Crippen LogP contribution in [0.5, 0.6) is 0 Å². The second kappa shape index (κ2) is 7.26. The molecular formula is C21H17FN2O4. The summed E-state index contributed by atoms with van der Waals surface area (Å²) in [7, 11) is 0. The van der Waals surface area contributed by atoms with Crippen molar-refractivity contribution in [3.63, 3.8) is 0 Å². The zero-order valence-corrected chi connectivity index (χ0v) is 14.9. The Labute approximate surface area is 159 Å². The van der Waals surface area contributed by atoms with Crippen molar-refractivity contribution in [3.8, 4) is 0 Å². The molecule has 6 nitrogen and oxygen atoms in total. The first-order chi connectivity index (χ1) is 13.5. The van der Waals surface area contributed by atoms with Crippen LogP contribution in [0.4, 0.5) is 4.39 Å². The van der Waals surface area contributed by atoms with Crippen LogP contribution in [0.15, 0.2) is 63.8 Å². The van der Waals surface area contributed by atoms with E-state index in [1.54, 1.807) is 40.1 Å². The van der Waals surface area contributed by atoms with E-state index in [0.717, 1.165) is 0 Å². The average Bonchev–Trinajstić information content (AvgIpc) is 2.73. The smallest absolute Gasteiger partial charge is 0.289 e. The number of hydrogen-bond acceptors (Lipinski definition) is 4. The van der Waals surface area contributed by atoms with Crippen molar-refractivity contribution >= 4 is 22.8 Å². The SMILES string of the molecule is O=C(c1cccc(F)c1)N1CCN(C(=O)c2cc(=O)c3ccccc3o2)CC1. The van der Waals surface area contributed by atoms with Gasteiger partial charge in [-0.2, -0.15) is 0 Å². The van der Waals surface area contributed by atoms with Gasteiger partial charge >= 0.3 is 0 Å². The second-order valence-corrected chi connectivity index (χ2v) is 6.57. The first-order valence-electron chi connectivity index (χ1n) is 8.90. The van der Waals surface area contributed by atoms with Gasteiger partial charge in [0.2, 0.25) is 0 Å². The molecule has 28 heavy (non-hydrogen) atoms. The Morgan fingerprint density at radius 1 is 0.857 bits per heavy atom. The summed E-state index contributed by atoms with van der Waals surface area (Å²) in [5.41, 5.74) is 0.365. The highest BCUT2D eigenvalue weighted by molar-refractivity contribution is 5.95. The fourth-order valence-corrected chi connectivity index (χ4v) is 3.28. The van der Waals surface area contributed by atoms with E-state index >= 15 is 0 Å². The second-order valence-electron chi connectivity index (χ2n) is 6.57. The molecule has 0 atom stereocenters. The maximum absolute atomic E-state index is 13.3. The standard InChI is InChI=1S/C21H17FN2O4/c22-15-5-3-4-14(12-15)20(26)23-8-10-24(11-9-23)21(27)19-13-17(25)16-6-1-2-7-18(16)28-19/h1-7,12-13H,8-11H2. The summed E-state index contributed by atoms with van der Waals surface area (Å²) in [5.74, 6) is -1.15. The topological polar surface area (TPSA) is 70.8 Å². The van der Waals surface area contributed by atoms with Gasteiger partial charge < -0.3 is 14.2 Å². The predicted octanol–water partition coefficient (Wildman–Crippen LogP) is 2.53. The third-order valence-corrected chi connectivity index (χ3v) is 4.77. The Kier molecular flexibility index (Phi) is 4.65. The van der Waals surface area contributed by atoms with Crippen LogP contribution in [-0.2, 0) is 0 Å². The van der Waals surface area contributed by atoms with Crippen LogP contribution in [0.2, 0.25) is 0 Å². The van der Waals surface area contributed by atoms with Crippen LogP contribution in [0.3, 0.4) is 0 Å². The van der Waals surface area contributed by atoms with Crippen molar-refractivity contribution in [2.45, 2.75) is 0 Å². The Hall–Kier alpha value is -3.48. The average molecular weight is 380 g/mol. The molecule has 2 amide bonds. The molecule has 0 saturated carbocycles. The van der Waals surface area contributed by atoms with Gasteiger partial charge in [-0.3, -0.25) is 14.4 Å². The van der Waals surface area contributed by atoms with Crippen molar-refractivity contribution in [2.75, 3.05) is 26.2 Å². The molecule has 7 heteroatoms. The minimum Gasteiger partial charge on any atom is -0.451 e. The number of rotatable bonds is 2. The lowest BCUT2D eigenvalue weighted by Gasteiger charge is -2.34. The summed E-state index contributed by atoms with van der Waals surface area (Å²) in [4.78, 5) is 40.5. The first kappa shape index (κ1) is 17.9. The lowest BCUT2D eigenvalue weighted by atomic mass is 10.1. The molecule has 2 aromatic carbocycles. The summed E-state index contributed by atoms with van der Waals surface area (Å²) in [6.07, 6.45) is 0. The Bertz CT molecular complexity index is 1120. The van der Waals surface area contributed by atoms with Crippen LogP contribution in [0.1, 0.15) is 20.9 Å². The van der Waals surface area contributed by atoms with Crippen LogP contribution in [-0.4, -0.2) is 47.8 Å². The number of amides is 2. The van der Waals surface area contributed by atoms with E-state index in [9.17, 15) is 18.8 Å². The zero-order chi connectivity index (χ0) is 19.7. The summed E-state index contributed by atoms with van der Waals surface area (Å²) < 4.78 is 18.9. The first-order valence-corrected chi connectivity index (χ1v) is 8.90. The van der Waals surface area contributed by atoms with E-state index in [1.165, 1.54) is 24.3 Å². The van der Waals surface area contributed by atoms with Crippen LogP contribution in [0.25, 0.3) is 11.0 Å². The number of carbonyl (C=O) groups is 2. The van der Waals surface area contributed by atoms with E-state index in [-0.39, 0.29) is 28.6 Å². The third-order valence-electron chi connectivity index (χ3n) is 4.77. The molecule has 1 aliphatic rings. The molecule has 142 valence electrons. The summed E-state index contributed by atoms with van der Waals surface area (Å²) in [6, 6.07) is 13.5. The maximum Gasteiger partial charge on any atom is 0.289 e. The largest absolute Gasteiger partial charge is 0.451 e. The van der Waals surface area contributed by atoms with Crippen molar-refractivity contribution in [1.29, 1.82) is 0 Å². The van der Waals surface area contributed by atoms with Crippen LogP contribution < -0.4 is 5.43 Å². The van der Waals surface area contributed by atoms with E-state index < -0.39 is 5.82 Å². The van der Waals surface area contributed by atoms with E-state index in [2.05, 4.69) is 0 Å². The lowest BCUT2D eigenvalue weighted by Crippen LogP contribution is -2.50. The Balaban J connectivity index is 1.47. The molecule has 0 bridgehead atoms. The van der Waals surface area contributed by atoms with Crippen molar-refractivity contribution in [3.05, 3.63) is 82.0 Å². The quantitative estimate of drug-likeness (QED) is 0.685. The molecule has 1 aromatic heterocycles. The number of hydrogen-bond donors (Lipinski definition) is 0. The molecule has 1 saturated heterocycles. The van der Waals surface area contributed by atoms with Crippen LogP contribution in [0, 0.1) is 5.82 Å². The van der Waals surface area contributed by atoms with Crippen molar-refractivity contribution in [1.82, 2.24) is 9.80 Å². The number of para-hydroxylation sites is 1. The minimum atomic E-state index is -0.467. The molecule has 2 heterocycles. The van der Waals surface area contributed by atoms with Gasteiger partial charge in [0, 0.05) is 37.8 Å². The monoisotopic (exact) mass is 380 g/mol. The van der Waals surface area contributed by atoms with Gasteiger partial charge in [0.15, 0.2) is 11.2 Å². The zero-order valence-electron chi connectivity index (χ0n) is 14.9. The summed E-state index contributed by atoms with van der Waals surface area (Å²) in [5, 5.41) is 0.421. The fourth-order valence-electron chi connectivity index (χ4n) is 3.28. The number of piperazine rings is 1. The highest BCUT2D eigenvalue weighted by Gasteiger charge is 2.27. The Morgan fingerprint density at radius 2 is 1.54 bits per heavy atom. The number of nitrogens with zero attached hydrogens (tertiary/aromatic N) is 2. The lowest BCUT2D eigenvalue weighted by molar-refractivity contribution is 0.0518. The van der Waals surface area contributed by atoms with Gasteiger partial charge in [-0.05, 0) is 30.3 Å². The molecule has 0 aliphatic carbocycles. The van der Waals surface area contributed by atoms with Gasteiger partial charge in [0.25, 0.3) is 11.8 Å². The normalized spacial score (nSPS) is 14.3. The molecule has 1 fully saturated rings. The number of carbonyl (C=O) groups excluding carboxylic acids is 2. The molecule has 0 unspecified atom stereocenters. The molecular weight excluding hydrogens is 363 g/mol. The molecule has 0 N–H and O–H groups in total. The van der Waals surface area contributed by atoms with Gasteiger partial charge in [-0.25, -0.2) is 4.39 Å². The van der Waals surface area contributed by atoms with Gasteiger partial charge in [-0.1, -0.05) is 18.2 Å². The van der Waals surface area contributed by atoms with Crippen LogP contribution >= 0.6 is 0 Å². The number of halogens is 1. The van der Waals surface area contributed by atoms with E-state index in [1.807, 2.05) is 0 Å². The number of benzene rings is 2. The minimum absolute atomic E-state index is 0.0198. The molecule has 3 aromatic rings. The molecule has 1 aliphatic heterocycles. The summed E-state index contributed by atoms with van der Waals surface area (Å²) >= 11 is 0. The Morgan fingerprint density at radius 3 is 2.25 bits per heavy atom. The van der Waals surface area contributed by atoms with E-state index in [0.29, 0.717) is 37.1 Å². The maximum atomic E-state index is 13.3. The van der Waals surface area contributed by atoms with Crippen molar-refractivity contribution in [2.24, 2.45) is 0 Å². The van der Waals surface area contributed by atoms with Gasteiger partial charge in [0.1, 0.15) is 11.4 Å². The van der Waals surface area contributed by atoms with Crippen molar-refractivity contribution < 1.29 is 18.4 Å². The highest BCUT2D eigenvalue weighted by atomic mass is 19.1. The highest BCUT2D eigenvalue weighted by Crippen LogP contribution is 2.15.